The third kappa shape index (κ3) is 4.74. The van der Waals surface area contributed by atoms with E-state index < -0.39 is 11.9 Å². The van der Waals surface area contributed by atoms with Crippen LogP contribution < -0.4 is 5.32 Å². The molecule has 1 unspecified atom stereocenters. The van der Waals surface area contributed by atoms with Gasteiger partial charge in [0.05, 0.1) is 5.92 Å². The van der Waals surface area contributed by atoms with Gasteiger partial charge in [-0.3, -0.25) is 4.79 Å². The normalized spacial score (nSPS) is 11.8. The second kappa shape index (κ2) is 7.14. The number of nitrogens with one attached hydrogen (secondary N) is 1. The van der Waals surface area contributed by atoms with Gasteiger partial charge >= 0.3 is 12.0 Å². The first-order valence-electron chi connectivity index (χ1n) is 6.28. The van der Waals surface area contributed by atoms with Crippen LogP contribution in [-0.2, 0) is 11.3 Å². The summed E-state index contributed by atoms with van der Waals surface area (Å²) in [6.45, 7) is 4.01. The molecular formula is C14H19ClN2O3. The van der Waals surface area contributed by atoms with Crippen LogP contribution in [0.3, 0.4) is 0 Å². The molecule has 0 aliphatic carbocycles. The van der Waals surface area contributed by atoms with Gasteiger partial charge in [-0.1, -0.05) is 30.7 Å². The van der Waals surface area contributed by atoms with Gasteiger partial charge in [0.25, 0.3) is 0 Å². The van der Waals surface area contributed by atoms with Crippen molar-refractivity contribution < 1.29 is 14.7 Å². The number of rotatable bonds is 5. The number of aryl methyl sites for hydroxylation is 1. The molecule has 2 N–H and O–H groups in total. The van der Waals surface area contributed by atoms with Crippen LogP contribution in [0.5, 0.6) is 0 Å². The summed E-state index contributed by atoms with van der Waals surface area (Å²) in [4.78, 5) is 23.9. The maximum Gasteiger partial charge on any atom is 0.317 e. The fraction of sp³-hybridized carbons (Fsp3) is 0.429. The number of carbonyl (C=O) groups excluding carboxylic acids is 1. The Morgan fingerprint density at radius 3 is 2.65 bits per heavy atom. The minimum absolute atomic E-state index is 0.167. The number of carboxylic acids is 1. The van der Waals surface area contributed by atoms with Crippen molar-refractivity contribution in [3.05, 3.63) is 34.3 Å². The number of halogens is 1. The molecule has 1 aromatic rings. The monoisotopic (exact) mass is 298 g/mol. The Bertz CT molecular complexity index is 505. The summed E-state index contributed by atoms with van der Waals surface area (Å²) in [6.07, 6.45) is 0. The van der Waals surface area contributed by atoms with Crippen molar-refractivity contribution in [1.82, 2.24) is 10.2 Å². The Balaban J connectivity index is 2.50. The maximum absolute atomic E-state index is 11.8. The fourth-order valence-corrected chi connectivity index (χ4v) is 1.82. The molecule has 0 saturated carbocycles. The summed E-state index contributed by atoms with van der Waals surface area (Å²) in [5.74, 6) is -1.51. The molecule has 0 aromatic heterocycles. The number of carbonyl (C=O) groups is 2. The van der Waals surface area contributed by atoms with Gasteiger partial charge < -0.3 is 15.3 Å². The molecule has 1 aromatic carbocycles. The molecule has 0 fully saturated rings. The minimum atomic E-state index is -0.919. The molecule has 20 heavy (non-hydrogen) atoms. The number of amides is 2. The molecule has 2 amide bonds. The van der Waals surface area contributed by atoms with Crippen LogP contribution in [0.4, 0.5) is 4.79 Å². The largest absolute Gasteiger partial charge is 0.481 e. The Hall–Kier alpha value is -1.75. The first kappa shape index (κ1) is 16.3. The zero-order chi connectivity index (χ0) is 15.3. The predicted molar refractivity (Wildman–Crippen MR) is 77.9 cm³/mol. The Kier molecular flexibility index (Phi) is 5.82. The van der Waals surface area contributed by atoms with E-state index in [1.165, 1.54) is 4.90 Å². The number of aliphatic carboxylic acids is 1. The van der Waals surface area contributed by atoms with E-state index in [-0.39, 0.29) is 12.6 Å². The first-order valence-corrected chi connectivity index (χ1v) is 6.66. The molecule has 5 nitrogen and oxygen atoms in total. The van der Waals surface area contributed by atoms with Crippen LogP contribution in [0.25, 0.3) is 0 Å². The highest BCUT2D eigenvalue weighted by Gasteiger charge is 2.16. The molecule has 0 bridgehead atoms. The molecule has 0 radical (unpaired) electrons. The van der Waals surface area contributed by atoms with Gasteiger partial charge in [0.15, 0.2) is 0 Å². The summed E-state index contributed by atoms with van der Waals surface area (Å²) in [6, 6.07) is 5.23. The van der Waals surface area contributed by atoms with Crippen molar-refractivity contribution in [2.45, 2.75) is 20.4 Å². The smallest absolute Gasteiger partial charge is 0.317 e. The molecule has 1 atom stereocenters. The number of hydrogen-bond acceptors (Lipinski definition) is 2. The number of nitrogens with zero attached hydrogens (tertiary/aromatic N) is 1. The quantitative estimate of drug-likeness (QED) is 0.877. The van der Waals surface area contributed by atoms with Crippen molar-refractivity contribution >= 4 is 23.6 Å². The molecule has 0 saturated heterocycles. The van der Waals surface area contributed by atoms with Gasteiger partial charge in [0, 0.05) is 25.2 Å². The number of benzene rings is 1. The summed E-state index contributed by atoms with van der Waals surface area (Å²) in [5, 5.41) is 12.2. The Morgan fingerprint density at radius 2 is 2.10 bits per heavy atom. The molecule has 1 rings (SSSR count). The van der Waals surface area contributed by atoms with Crippen molar-refractivity contribution in [1.29, 1.82) is 0 Å². The zero-order valence-corrected chi connectivity index (χ0v) is 12.6. The average molecular weight is 299 g/mol. The summed E-state index contributed by atoms with van der Waals surface area (Å²) in [5.41, 5.74) is 1.89. The molecule has 0 aliphatic rings. The molecule has 6 heteroatoms. The lowest BCUT2D eigenvalue weighted by Crippen LogP contribution is -2.40. The van der Waals surface area contributed by atoms with Gasteiger partial charge in [0.1, 0.15) is 0 Å². The van der Waals surface area contributed by atoms with Crippen LogP contribution in [0.2, 0.25) is 5.02 Å². The number of urea groups is 1. The third-order valence-corrected chi connectivity index (χ3v) is 3.41. The highest BCUT2D eigenvalue weighted by molar-refractivity contribution is 6.31. The van der Waals surface area contributed by atoms with E-state index in [1.54, 1.807) is 20.0 Å². The van der Waals surface area contributed by atoms with Crippen LogP contribution in [0.1, 0.15) is 18.1 Å². The molecule has 0 aliphatic heterocycles. The molecule has 110 valence electrons. The lowest BCUT2D eigenvalue weighted by Gasteiger charge is -2.20. The number of carboxylic acid groups (broad SMARTS) is 1. The second-order valence-electron chi connectivity index (χ2n) is 4.86. The zero-order valence-electron chi connectivity index (χ0n) is 11.8. The van der Waals surface area contributed by atoms with E-state index in [2.05, 4.69) is 5.32 Å². The molecule has 0 heterocycles. The van der Waals surface area contributed by atoms with Crippen molar-refractivity contribution in [3.8, 4) is 0 Å². The van der Waals surface area contributed by atoms with Crippen LogP contribution in [0.15, 0.2) is 18.2 Å². The molecule has 0 spiro atoms. The lowest BCUT2D eigenvalue weighted by atomic mass is 10.1. The van der Waals surface area contributed by atoms with Crippen molar-refractivity contribution in [2.24, 2.45) is 5.92 Å². The summed E-state index contributed by atoms with van der Waals surface area (Å²) >= 11 is 5.93. The summed E-state index contributed by atoms with van der Waals surface area (Å²) < 4.78 is 0. The number of hydrogen-bond donors (Lipinski definition) is 2. The van der Waals surface area contributed by atoms with Crippen molar-refractivity contribution in [3.63, 3.8) is 0 Å². The van der Waals surface area contributed by atoms with Crippen LogP contribution in [0, 0.1) is 12.8 Å². The highest BCUT2D eigenvalue weighted by atomic mass is 35.5. The van der Waals surface area contributed by atoms with E-state index in [9.17, 15) is 9.59 Å². The van der Waals surface area contributed by atoms with Crippen LogP contribution in [-0.4, -0.2) is 35.6 Å². The third-order valence-electron chi connectivity index (χ3n) is 2.98. The van der Waals surface area contributed by atoms with Gasteiger partial charge in [-0.05, 0) is 24.1 Å². The topological polar surface area (TPSA) is 69.6 Å². The second-order valence-corrected chi connectivity index (χ2v) is 5.27. The van der Waals surface area contributed by atoms with Crippen molar-refractivity contribution in [2.75, 3.05) is 13.6 Å². The van der Waals surface area contributed by atoms with E-state index in [0.717, 1.165) is 11.1 Å². The Morgan fingerprint density at radius 1 is 1.45 bits per heavy atom. The summed E-state index contributed by atoms with van der Waals surface area (Å²) in [7, 11) is 1.57. The van der Waals surface area contributed by atoms with Gasteiger partial charge in [-0.15, -0.1) is 0 Å². The maximum atomic E-state index is 11.8. The highest BCUT2D eigenvalue weighted by Crippen LogP contribution is 2.16. The first-order chi connectivity index (χ1) is 9.31. The van der Waals surface area contributed by atoms with Crippen LogP contribution >= 0.6 is 11.6 Å². The minimum Gasteiger partial charge on any atom is -0.481 e. The van der Waals surface area contributed by atoms with Gasteiger partial charge in [-0.25, -0.2) is 4.79 Å². The van der Waals surface area contributed by atoms with E-state index in [1.807, 2.05) is 19.1 Å². The molecular weight excluding hydrogens is 280 g/mol. The standard InChI is InChI=1S/C14H19ClN2O3/c1-9-6-11(4-5-12(9)15)7-16-14(20)17(3)8-10(2)13(18)19/h4-6,10H,7-8H2,1-3H3,(H,16,20)(H,18,19). The van der Waals surface area contributed by atoms with Gasteiger partial charge in [0.2, 0.25) is 0 Å². The van der Waals surface area contributed by atoms with E-state index >= 15 is 0 Å². The fourth-order valence-electron chi connectivity index (χ4n) is 1.70. The van der Waals surface area contributed by atoms with Gasteiger partial charge in [-0.2, -0.15) is 0 Å². The van der Waals surface area contributed by atoms with E-state index in [4.69, 9.17) is 16.7 Å². The Labute approximate surface area is 123 Å². The van der Waals surface area contributed by atoms with E-state index in [0.29, 0.717) is 11.6 Å². The average Bonchev–Trinajstić information content (AvgIpc) is 2.39. The lowest BCUT2D eigenvalue weighted by molar-refractivity contribution is -0.141. The SMILES string of the molecule is Cc1cc(CNC(=O)N(C)CC(C)C(=O)O)ccc1Cl. The predicted octanol–water partition coefficient (Wildman–Crippen LogP) is 2.51.